The Morgan fingerprint density at radius 1 is 1.27 bits per heavy atom. The van der Waals surface area contributed by atoms with E-state index in [1.54, 1.807) is 0 Å². The lowest BCUT2D eigenvalue weighted by Gasteiger charge is -2.34. The standard InChI is InChI=1S/C17H20F2N2O/c1-16(2)11-6-7-17(16,3)14(9-11)20-21-15(22)10-4-5-12(18)13(19)8-10/h4-5,8,11H,6-7,9H2,1-3H3,(H,21,22)/b20-14+/t11-,17+/m1/s1. The maximum atomic E-state index is 13.2. The molecule has 0 unspecified atom stereocenters. The molecule has 0 aromatic heterocycles. The lowest BCUT2D eigenvalue weighted by atomic mass is 9.70. The number of carbonyl (C=O) groups excluding carboxylic acids is 1. The molecule has 22 heavy (non-hydrogen) atoms. The Hall–Kier alpha value is -1.78. The monoisotopic (exact) mass is 306 g/mol. The molecule has 1 aromatic rings. The van der Waals surface area contributed by atoms with Crippen LogP contribution in [0.3, 0.4) is 0 Å². The third-order valence-electron chi connectivity index (χ3n) is 5.99. The van der Waals surface area contributed by atoms with Crippen LogP contribution in [0, 0.1) is 28.4 Å². The second-order valence-electron chi connectivity index (χ2n) is 7.12. The van der Waals surface area contributed by atoms with Gasteiger partial charge in [0.25, 0.3) is 5.91 Å². The summed E-state index contributed by atoms with van der Waals surface area (Å²) in [5.41, 5.74) is 3.74. The molecule has 0 radical (unpaired) electrons. The van der Waals surface area contributed by atoms with E-state index >= 15 is 0 Å². The molecular weight excluding hydrogens is 286 g/mol. The van der Waals surface area contributed by atoms with Gasteiger partial charge in [-0.05, 0) is 48.8 Å². The molecule has 1 aromatic carbocycles. The largest absolute Gasteiger partial charge is 0.271 e. The summed E-state index contributed by atoms with van der Waals surface area (Å²) in [5, 5.41) is 4.30. The lowest BCUT2D eigenvalue weighted by Crippen LogP contribution is -2.34. The minimum Gasteiger partial charge on any atom is -0.267 e. The Bertz CT molecular complexity index is 669. The fourth-order valence-electron chi connectivity index (χ4n) is 3.92. The SMILES string of the molecule is CC1(C)[C@@H]2CC[C@@]1(C)/C(=N/NC(=O)c1ccc(F)c(F)c1)C2. The lowest BCUT2D eigenvalue weighted by molar-refractivity contribution is 0.0953. The molecule has 118 valence electrons. The minimum absolute atomic E-state index is 0.000999. The summed E-state index contributed by atoms with van der Waals surface area (Å²) >= 11 is 0. The van der Waals surface area contributed by atoms with E-state index < -0.39 is 17.5 Å². The molecule has 2 saturated carbocycles. The Morgan fingerprint density at radius 3 is 2.55 bits per heavy atom. The minimum atomic E-state index is -1.03. The summed E-state index contributed by atoms with van der Waals surface area (Å²) in [4.78, 5) is 12.0. The average molecular weight is 306 g/mol. The van der Waals surface area contributed by atoms with Crippen LogP contribution in [-0.2, 0) is 0 Å². The second kappa shape index (κ2) is 4.86. The first-order chi connectivity index (χ1) is 10.3. The molecule has 1 N–H and O–H groups in total. The van der Waals surface area contributed by atoms with Gasteiger partial charge in [0.05, 0.1) is 0 Å². The molecule has 2 fully saturated rings. The molecule has 2 atom stereocenters. The molecule has 1 amide bonds. The summed E-state index contributed by atoms with van der Waals surface area (Å²) in [6.07, 6.45) is 3.16. The van der Waals surface area contributed by atoms with Crippen LogP contribution in [-0.4, -0.2) is 11.6 Å². The number of benzene rings is 1. The number of carbonyl (C=O) groups is 1. The summed E-state index contributed by atoms with van der Waals surface area (Å²) in [6.45, 7) is 6.71. The third-order valence-corrected chi connectivity index (χ3v) is 5.99. The van der Waals surface area contributed by atoms with E-state index in [1.165, 1.54) is 12.5 Å². The molecule has 0 spiro atoms. The van der Waals surface area contributed by atoms with Crippen LogP contribution in [0.1, 0.15) is 50.4 Å². The van der Waals surface area contributed by atoms with Crippen molar-refractivity contribution in [3.63, 3.8) is 0 Å². The van der Waals surface area contributed by atoms with Gasteiger partial charge in [0.1, 0.15) is 0 Å². The molecule has 2 aliphatic rings. The highest BCUT2D eigenvalue weighted by Crippen LogP contribution is 2.63. The van der Waals surface area contributed by atoms with E-state index in [0.717, 1.165) is 30.7 Å². The zero-order valence-electron chi connectivity index (χ0n) is 13.0. The molecule has 3 nitrogen and oxygen atoms in total. The van der Waals surface area contributed by atoms with Gasteiger partial charge in [0.2, 0.25) is 0 Å². The predicted octanol–water partition coefficient (Wildman–Crippen LogP) is 3.90. The van der Waals surface area contributed by atoms with Crippen molar-refractivity contribution in [2.75, 3.05) is 0 Å². The first kappa shape index (κ1) is 15.1. The molecule has 3 rings (SSSR count). The number of nitrogens with one attached hydrogen (secondary N) is 1. The van der Waals surface area contributed by atoms with E-state index in [-0.39, 0.29) is 16.4 Å². The molecule has 5 heteroatoms. The fourth-order valence-corrected chi connectivity index (χ4v) is 3.92. The van der Waals surface area contributed by atoms with Gasteiger partial charge in [-0.25, -0.2) is 14.2 Å². The van der Waals surface area contributed by atoms with Crippen molar-refractivity contribution < 1.29 is 13.6 Å². The summed E-state index contributed by atoms with van der Waals surface area (Å²) in [7, 11) is 0. The van der Waals surface area contributed by atoms with Crippen molar-refractivity contribution in [2.24, 2.45) is 21.8 Å². The van der Waals surface area contributed by atoms with Gasteiger partial charge in [0, 0.05) is 16.7 Å². The Balaban J connectivity index is 1.78. The first-order valence-corrected chi connectivity index (χ1v) is 7.58. The van der Waals surface area contributed by atoms with Crippen molar-refractivity contribution in [1.29, 1.82) is 0 Å². The zero-order valence-corrected chi connectivity index (χ0v) is 13.0. The van der Waals surface area contributed by atoms with E-state index in [2.05, 4.69) is 31.3 Å². The van der Waals surface area contributed by atoms with Gasteiger partial charge in [-0.15, -0.1) is 0 Å². The fraction of sp³-hybridized carbons (Fsp3) is 0.529. The van der Waals surface area contributed by atoms with Crippen molar-refractivity contribution >= 4 is 11.6 Å². The number of hydrazone groups is 1. The molecular formula is C17H20F2N2O. The summed E-state index contributed by atoms with van der Waals surface area (Å²) in [5.74, 6) is -1.93. The first-order valence-electron chi connectivity index (χ1n) is 7.58. The molecule has 2 aliphatic carbocycles. The van der Waals surface area contributed by atoms with Crippen LogP contribution in [0.2, 0.25) is 0 Å². The highest BCUT2D eigenvalue weighted by molar-refractivity contribution is 5.98. The topological polar surface area (TPSA) is 41.5 Å². The highest BCUT2D eigenvalue weighted by atomic mass is 19.2. The Labute approximate surface area is 128 Å². The van der Waals surface area contributed by atoms with Crippen LogP contribution >= 0.6 is 0 Å². The van der Waals surface area contributed by atoms with Crippen molar-refractivity contribution in [2.45, 2.75) is 40.0 Å². The van der Waals surface area contributed by atoms with Crippen LogP contribution in [0.15, 0.2) is 23.3 Å². The number of hydrogen-bond donors (Lipinski definition) is 1. The van der Waals surface area contributed by atoms with Crippen LogP contribution in [0.4, 0.5) is 8.78 Å². The van der Waals surface area contributed by atoms with Crippen molar-refractivity contribution in [1.82, 2.24) is 5.43 Å². The van der Waals surface area contributed by atoms with Gasteiger partial charge in [-0.2, -0.15) is 5.10 Å². The molecule has 0 heterocycles. The van der Waals surface area contributed by atoms with E-state index in [0.29, 0.717) is 5.92 Å². The number of fused-ring (bicyclic) bond motifs is 2. The number of hydrogen-bond acceptors (Lipinski definition) is 2. The van der Waals surface area contributed by atoms with Gasteiger partial charge in [-0.1, -0.05) is 20.8 Å². The second-order valence-corrected chi connectivity index (χ2v) is 7.12. The van der Waals surface area contributed by atoms with Gasteiger partial charge >= 0.3 is 0 Å². The third kappa shape index (κ3) is 2.06. The van der Waals surface area contributed by atoms with Crippen LogP contribution < -0.4 is 5.43 Å². The quantitative estimate of drug-likeness (QED) is 0.827. The molecule has 2 bridgehead atoms. The van der Waals surface area contributed by atoms with Crippen molar-refractivity contribution in [3.05, 3.63) is 35.4 Å². The van der Waals surface area contributed by atoms with Crippen molar-refractivity contribution in [3.8, 4) is 0 Å². The van der Waals surface area contributed by atoms with Crippen LogP contribution in [0.5, 0.6) is 0 Å². The normalized spacial score (nSPS) is 30.8. The number of rotatable bonds is 2. The van der Waals surface area contributed by atoms with Gasteiger partial charge in [0.15, 0.2) is 11.6 Å². The predicted molar refractivity (Wildman–Crippen MR) is 80.5 cm³/mol. The van der Waals surface area contributed by atoms with E-state index in [4.69, 9.17) is 0 Å². The van der Waals surface area contributed by atoms with Gasteiger partial charge < -0.3 is 0 Å². The summed E-state index contributed by atoms with van der Waals surface area (Å²) < 4.78 is 26.1. The Morgan fingerprint density at radius 2 is 2.00 bits per heavy atom. The number of halogens is 2. The van der Waals surface area contributed by atoms with E-state index in [1.807, 2.05) is 0 Å². The average Bonchev–Trinajstić information content (AvgIpc) is 2.80. The maximum Gasteiger partial charge on any atom is 0.271 e. The number of amides is 1. The Kier molecular flexibility index (Phi) is 3.34. The highest BCUT2D eigenvalue weighted by Gasteiger charge is 2.59. The zero-order chi connectivity index (χ0) is 16.1. The number of nitrogens with zero attached hydrogens (tertiary/aromatic N) is 1. The maximum absolute atomic E-state index is 13.2. The molecule has 0 aliphatic heterocycles. The molecule has 0 saturated heterocycles. The van der Waals surface area contributed by atoms with E-state index in [9.17, 15) is 13.6 Å². The van der Waals surface area contributed by atoms with Gasteiger partial charge in [-0.3, -0.25) is 4.79 Å². The van der Waals surface area contributed by atoms with Crippen LogP contribution in [0.25, 0.3) is 0 Å². The smallest absolute Gasteiger partial charge is 0.267 e. The summed E-state index contributed by atoms with van der Waals surface area (Å²) in [6, 6.07) is 3.08.